The highest BCUT2D eigenvalue weighted by Gasteiger charge is 2.57. The number of pyridine rings is 1. The molecule has 0 spiro atoms. The number of rotatable bonds is 8. The van der Waals surface area contributed by atoms with Crippen LogP contribution in [-0.2, 0) is 14.2 Å². The van der Waals surface area contributed by atoms with E-state index < -0.39 is 25.1 Å². The summed E-state index contributed by atoms with van der Waals surface area (Å²) in [5.41, 5.74) is 6.72. The number of hydrogen-bond acceptors (Lipinski definition) is 7. The third kappa shape index (κ3) is 6.35. The second-order valence-electron chi connectivity index (χ2n) is 12.7. The Morgan fingerprint density at radius 3 is 2.50 bits per heavy atom. The van der Waals surface area contributed by atoms with Crippen molar-refractivity contribution in [1.82, 2.24) is 4.98 Å². The number of nitrogens with one attached hydrogen (secondary N) is 1. The van der Waals surface area contributed by atoms with Gasteiger partial charge in [-0.05, 0) is 122 Å². The van der Waals surface area contributed by atoms with Gasteiger partial charge in [0.05, 0.1) is 29.3 Å². The second kappa shape index (κ2) is 13.5. The molecular formula is C38H35BBrN3O5. The van der Waals surface area contributed by atoms with E-state index in [4.69, 9.17) is 4.65 Å². The molecule has 8 nitrogen and oxygen atoms in total. The Labute approximate surface area is 288 Å². The Morgan fingerprint density at radius 1 is 1.00 bits per heavy atom. The number of amides is 2. The van der Waals surface area contributed by atoms with Crippen LogP contribution in [0.25, 0.3) is 11.6 Å². The number of anilines is 3. The van der Waals surface area contributed by atoms with E-state index in [-0.39, 0.29) is 29.8 Å². The summed E-state index contributed by atoms with van der Waals surface area (Å²) in [5.74, 6) is -1.63. The molecule has 1 aromatic heterocycles. The molecule has 0 saturated carbocycles. The first-order valence-corrected chi connectivity index (χ1v) is 17.0. The average Bonchev–Trinajstić information content (AvgIpc) is 3.34. The number of carbonyl (C=O) groups excluding carboxylic acids is 2. The minimum atomic E-state index is -1.06. The summed E-state index contributed by atoms with van der Waals surface area (Å²) in [7, 11) is -1.06. The molecule has 3 aliphatic rings. The van der Waals surface area contributed by atoms with Crippen molar-refractivity contribution >= 4 is 63.6 Å². The van der Waals surface area contributed by atoms with Crippen LogP contribution in [0.1, 0.15) is 37.4 Å². The van der Waals surface area contributed by atoms with Crippen LogP contribution >= 0.6 is 15.9 Å². The highest BCUT2D eigenvalue weighted by molar-refractivity contribution is 9.10. The Bertz CT molecular complexity index is 1900. The van der Waals surface area contributed by atoms with Gasteiger partial charge in [0.15, 0.2) is 0 Å². The standard InChI is InChI=1S/C38H35BBrN3O5/c1-23-19-30-36(38(46)43(37(30)45)29-14-12-28(13-15-29)42-27-7-3-2-4-8-27)31-22-39(47)48-34(35(23)31)17-10-24(32-9-5-6-18-41-32)20-25-21-26(40)11-16-33(25)44/h2-9,11-16,18,20-21,30-31,34,36,42,44,47H,10,17,19,22H2,1H3/b24-20-/t30-,31+,34-,36-/m1/s1. The monoisotopic (exact) mass is 703 g/mol. The van der Waals surface area contributed by atoms with E-state index >= 15 is 0 Å². The molecule has 1 aliphatic carbocycles. The fraction of sp³-hybridized carbons (Fsp3) is 0.237. The molecule has 4 atom stereocenters. The molecular weight excluding hydrogens is 669 g/mol. The molecule has 0 unspecified atom stereocenters. The zero-order chi connectivity index (χ0) is 33.4. The molecule has 4 aromatic rings. The van der Waals surface area contributed by atoms with Crippen molar-refractivity contribution in [3.63, 3.8) is 0 Å². The minimum absolute atomic E-state index is 0.156. The van der Waals surface area contributed by atoms with Gasteiger partial charge in [-0.2, -0.15) is 0 Å². The van der Waals surface area contributed by atoms with E-state index in [1.54, 1.807) is 30.5 Å². The maximum absolute atomic E-state index is 14.1. The third-order valence-corrected chi connectivity index (χ3v) is 10.1. The summed E-state index contributed by atoms with van der Waals surface area (Å²) in [6.45, 7) is 2.02. The highest BCUT2D eigenvalue weighted by atomic mass is 79.9. The lowest BCUT2D eigenvalue weighted by molar-refractivity contribution is -0.122. The molecule has 48 heavy (non-hydrogen) atoms. The number of nitrogens with zero attached hydrogens (tertiary/aromatic N) is 2. The summed E-state index contributed by atoms with van der Waals surface area (Å²) in [5, 5.41) is 24.9. The van der Waals surface area contributed by atoms with Crippen molar-refractivity contribution < 1.29 is 24.4 Å². The van der Waals surface area contributed by atoms with E-state index in [9.17, 15) is 19.7 Å². The lowest BCUT2D eigenvalue weighted by Gasteiger charge is -2.42. The van der Waals surface area contributed by atoms with Crippen LogP contribution in [0.5, 0.6) is 5.75 Å². The van der Waals surface area contributed by atoms with Gasteiger partial charge in [0, 0.05) is 27.6 Å². The van der Waals surface area contributed by atoms with Crippen molar-refractivity contribution in [2.24, 2.45) is 17.8 Å². The Kier molecular flexibility index (Phi) is 9.05. The number of carbonyl (C=O) groups is 2. The van der Waals surface area contributed by atoms with E-state index in [2.05, 4.69) is 26.2 Å². The topological polar surface area (TPSA) is 112 Å². The first-order valence-electron chi connectivity index (χ1n) is 16.2. The first-order chi connectivity index (χ1) is 23.3. The molecule has 7 rings (SSSR count). The lowest BCUT2D eigenvalue weighted by atomic mass is 9.58. The molecule has 3 heterocycles. The van der Waals surface area contributed by atoms with E-state index in [0.717, 1.165) is 38.3 Å². The van der Waals surface area contributed by atoms with Crippen molar-refractivity contribution in [3.05, 3.63) is 124 Å². The van der Waals surface area contributed by atoms with Gasteiger partial charge in [-0.15, -0.1) is 0 Å². The van der Waals surface area contributed by atoms with Gasteiger partial charge < -0.3 is 20.1 Å². The number of fused-ring (bicyclic) bond motifs is 3. The number of hydrogen-bond donors (Lipinski definition) is 3. The van der Waals surface area contributed by atoms with Crippen molar-refractivity contribution in [3.8, 4) is 5.75 Å². The number of para-hydroxylation sites is 1. The van der Waals surface area contributed by atoms with Gasteiger partial charge in [0.2, 0.25) is 11.8 Å². The number of aromatic nitrogens is 1. The molecule has 2 saturated heterocycles. The molecule has 2 aliphatic heterocycles. The highest BCUT2D eigenvalue weighted by Crippen LogP contribution is 2.51. The molecule has 2 fully saturated rings. The maximum atomic E-state index is 14.1. The van der Waals surface area contributed by atoms with Gasteiger partial charge in [-0.1, -0.05) is 45.8 Å². The molecule has 10 heteroatoms. The number of halogens is 1. The second-order valence-corrected chi connectivity index (χ2v) is 13.6. The SMILES string of the molecule is CC1=C2[C@@H](CC/C(=C/c3cc(Br)ccc3O)c3ccccn3)OB(O)C[C@@H]2[C@@H]2C(=O)N(c3ccc(Nc4ccccc4)cc3)C(=O)[C@@H]2C1. The van der Waals surface area contributed by atoms with Crippen LogP contribution in [0.2, 0.25) is 6.32 Å². The third-order valence-electron chi connectivity index (χ3n) is 9.63. The Morgan fingerprint density at radius 2 is 1.75 bits per heavy atom. The zero-order valence-corrected chi connectivity index (χ0v) is 28.0. The smallest absolute Gasteiger partial charge is 0.455 e. The van der Waals surface area contributed by atoms with Crippen LogP contribution in [0.3, 0.4) is 0 Å². The van der Waals surface area contributed by atoms with Gasteiger partial charge in [-0.25, -0.2) is 0 Å². The number of phenols is 1. The Balaban J connectivity index is 1.13. The van der Waals surface area contributed by atoms with E-state index in [1.807, 2.05) is 79.7 Å². The molecule has 0 bridgehead atoms. The van der Waals surface area contributed by atoms with Crippen molar-refractivity contribution in [2.75, 3.05) is 10.2 Å². The van der Waals surface area contributed by atoms with E-state index in [0.29, 0.717) is 30.5 Å². The molecule has 3 N–H and O–H groups in total. The van der Waals surface area contributed by atoms with Crippen LogP contribution < -0.4 is 10.2 Å². The van der Waals surface area contributed by atoms with Crippen molar-refractivity contribution in [1.29, 1.82) is 0 Å². The number of imide groups is 1. The quantitative estimate of drug-likeness (QED) is 0.0983. The fourth-order valence-electron chi connectivity index (χ4n) is 7.50. The normalized spacial score (nSPS) is 22.5. The summed E-state index contributed by atoms with van der Waals surface area (Å²) in [6.07, 6.45) is 5.01. The summed E-state index contributed by atoms with van der Waals surface area (Å²) >= 11 is 3.49. The van der Waals surface area contributed by atoms with Gasteiger partial charge >= 0.3 is 7.12 Å². The van der Waals surface area contributed by atoms with Gasteiger partial charge in [-0.3, -0.25) is 19.5 Å². The lowest BCUT2D eigenvalue weighted by Crippen LogP contribution is -2.46. The van der Waals surface area contributed by atoms with Crippen LogP contribution in [-0.4, -0.2) is 40.2 Å². The fourth-order valence-corrected chi connectivity index (χ4v) is 7.88. The number of allylic oxidation sites excluding steroid dienone is 2. The molecule has 0 radical (unpaired) electrons. The average molecular weight is 704 g/mol. The minimum Gasteiger partial charge on any atom is -0.507 e. The van der Waals surface area contributed by atoms with Gasteiger partial charge in [0.25, 0.3) is 0 Å². The Hall–Kier alpha value is -4.51. The predicted octanol–water partition coefficient (Wildman–Crippen LogP) is 7.64. The van der Waals surface area contributed by atoms with Crippen LogP contribution in [0.4, 0.5) is 17.1 Å². The van der Waals surface area contributed by atoms with Crippen LogP contribution in [0, 0.1) is 17.8 Å². The largest absolute Gasteiger partial charge is 0.507 e. The molecule has 3 aromatic carbocycles. The summed E-state index contributed by atoms with van der Waals surface area (Å²) < 4.78 is 7.01. The summed E-state index contributed by atoms with van der Waals surface area (Å²) in [4.78, 5) is 33.9. The van der Waals surface area contributed by atoms with Gasteiger partial charge in [0.1, 0.15) is 5.75 Å². The predicted molar refractivity (Wildman–Crippen MR) is 191 cm³/mol. The summed E-state index contributed by atoms with van der Waals surface area (Å²) in [6, 6.07) is 28.1. The first kappa shape index (κ1) is 32.1. The zero-order valence-electron chi connectivity index (χ0n) is 26.4. The maximum Gasteiger partial charge on any atom is 0.455 e. The van der Waals surface area contributed by atoms with Crippen LogP contribution in [0.15, 0.2) is 113 Å². The number of aromatic hydroxyl groups is 1. The van der Waals surface area contributed by atoms with Crippen molar-refractivity contribution in [2.45, 2.75) is 38.6 Å². The number of benzene rings is 3. The number of phenolic OH excluding ortho intramolecular Hbond substituents is 1. The van der Waals surface area contributed by atoms with E-state index in [1.165, 1.54) is 4.90 Å². The molecule has 242 valence electrons. The molecule has 2 amide bonds.